The number of rotatable bonds is 5. The van der Waals surface area contributed by atoms with Gasteiger partial charge < -0.3 is 5.11 Å². The molecule has 21 heavy (non-hydrogen) atoms. The SMILES string of the molecule is CCC1CCC(CC(F)(F)c2ccccc2)(C(=O)O)CC1. The molecular formula is C17H22F2O2. The molecule has 0 unspecified atom stereocenters. The fourth-order valence-corrected chi connectivity index (χ4v) is 3.31. The first-order valence-electron chi connectivity index (χ1n) is 7.56. The molecule has 116 valence electrons. The van der Waals surface area contributed by atoms with Gasteiger partial charge >= 0.3 is 5.97 Å². The van der Waals surface area contributed by atoms with Gasteiger partial charge in [0.1, 0.15) is 0 Å². The molecule has 0 bridgehead atoms. The molecule has 1 aliphatic carbocycles. The van der Waals surface area contributed by atoms with E-state index in [1.54, 1.807) is 18.2 Å². The van der Waals surface area contributed by atoms with Crippen LogP contribution >= 0.6 is 0 Å². The van der Waals surface area contributed by atoms with Gasteiger partial charge in [0, 0.05) is 12.0 Å². The zero-order valence-electron chi connectivity index (χ0n) is 12.3. The molecular weight excluding hydrogens is 274 g/mol. The van der Waals surface area contributed by atoms with Crippen LogP contribution in [-0.2, 0) is 10.7 Å². The summed E-state index contributed by atoms with van der Waals surface area (Å²) in [5.74, 6) is -3.70. The monoisotopic (exact) mass is 296 g/mol. The number of carboxylic acid groups (broad SMARTS) is 1. The third-order valence-corrected chi connectivity index (χ3v) is 4.85. The van der Waals surface area contributed by atoms with Gasteiger partial charge in [0.05, 0.1) is 5.41 Å². The van der Waals surface area contributed by atoms with E-state index in [0.29, 0.717) is 18.8 Å². The van der Waals surface area contributed by atoms with E-state index in [2.05, 4.69) is 6.92 Å². The van der Waals surface area contributed by atoms with Crippen LogP contribution in [0, 0.1) is 11.3 Å². The Balaban J connectivity index is 2.19. The van der Waals surface area contributed by atoms with E-state index in [4.69, 9.17) is 0 Å². The van der Waals surface area contributed by atoms with Gasteiger partial charge in [-0.3, -0.25) is 4.79 Å². The third-order valence-electron chi connectivity index (χ3n) is 4.85. The summed E-state index contributed by atoms with van der Waals surface area (Å²) < 4.78 is 28.9. The van der Waals surface area contributed by atoms with Gasteiger partial charge in [-0.15, -0.1) is 0 Å². The van der Waals surface area contributed by atoms with Crippen LogP contribution in [0.2, 0.25) is 0 Å². The Morgan fingerprint density at radius 2 is 1.86 bits per heavy atom. The quantitative estimate of drug-likeness (QED) is 0.844. The van der Waals surface area contributed by atoms with Crippen LogP contribution in [0.3, 0.4) is 0 Å². The molecule has 1 saturated carbocycles. The van der Waals surface area contributed by atoms with E-state index in [-0.39, 0.29) is 5.56 Å². The molecule has 0 amide bonds. The summed E-state index contributed by atoms with van der Waals surface area (Å²) in [6, 6.07) is 7.54. The molecule has 2 rings (SSSR count). The highest BCUT2D eigenvalue weighted by Crippen LogP contribution is 2.49. The van der Waals surface area contributed by atoms with Crippen molar-refractivity contribution in [3.63, 3.8) is 0 Å². The minimum atomic E-state index is -3.10. The van der Waals surface area contributed by atoms with Crippen LogP contribution in [0.25, 0.3) is 0 Å². The second-order valence-corrected chi connectivity index (χ2v) is 6.18. The number of hydrogen-bond donors (Lipinski definition) is 1. The summed E-state index contributed by atoms with van der Waals surface area (Å²) >= 11 is 0. The zero-order chi connectivity index (χ0) is 15.5. The number of hydrogen-bond acceptors (Lipinski definition) is 1. The first-order valence-corrected chi connectivity index (χ1v) is 7.56. The van der Waals surface area contributed by atoms with Gasteiger partial charge in [0.25, 0.3) is 5.92 Å². The number of carboxylic acids is 1. The van der Waals surface area contributed by atoms with Crippen LogP contribution < -0.4 is 0 Å². The first kappa shape index (κ1) is 15.9. The second-order valence-electron chi connectivity index (χ2n) is 6.18. The largest absolute Gasteiger partial charge is 0.481 e. The van der Waals surface area contributed by atoms with E-state index in [9.17, 15) is 18.7 Å². The Bertz CT molecular complexity index is 477. The van der Waals surface area contributed by atoms with E-state index < -0.39 is 23.7 Å². The molecule has 0 aromatic heterocycles. The average molecular weight is 296 g/mol. The van der Waals surface area contributed by atoms with E-state index in [0.717, 1.165) is 19.3 Å². The molecule has 4 heteroatoms. The van der Waals surface area contributed by atoms with Gasteiger partial charge in [0.2, 0.25) is 0 Å². The molecule has 1 aliphatic rings. The molecule has 0 saturated heterocycles. The van der Waals surface area contributed by atoms with Gasteiger partial charge in [-0.2, -0.15) is 0 Å². The van der Waals surface area contributed by atoms with E-state index in [1.807, 2.05) is 0 Å². The topological polar surface area (TPSA) is 37.3 Å². The van der Waals surface area contributed by atoms with Crippen molar-refractivity contribution >= 4 is 5.97 Å². The minimum absolute atomic E-state index is 0.0942. The Kier molecular flexibility index (Phi) is 4.64. The standard InChI is InChI=1S/C17H22F2O2/c1-2-13-8-10-16(11-9-13,15(20)21)12-17(18,19)14-6-4-3-5-7-14/h3-7,13H,2,8-12H2,1H3,(H,20,21). The fourth-order valence-electron chi connectivity index (χ4n) is 3.31. The summed E-state index contributed by atoms with van der Waals surface area (Å²) in [7, 11) is 0. The summed E-state index contributed by atoms with van der Waals surface area (Å²) in [6.07, 6.45) is 2.55. The molecule has 0 radical (unpaired) electrons. The third kappa shape index (κ3) is 3.42. The van der Waals surface area contributed by atoms with Crippen LogP contribution in [0.1, 0.15) is 51.0 Å². The van der Waals surface area contributed by atoms with Crippen molar-refractivity contribution in [2.75, 3.05) is 0 Å². The summed E-state index contributed by atoms with van der Waals surface area (Å²) in [5.41, 5.74) is -1.38. The van der Waals surface area contributed by atoms with Crippen LogP contribution in [0.15, 0.2) is 30.3 Å². The number of aliphatic carboxylic acids is 1. The van der Waals surface area contributed by atoms with E-state index in [1.165, 1.54) is 12.1 Å². The smallest absolute Gasteiger partial charge is 0.309 e. The fraction of sp³-hybridized carbons (Fsp3) is 0.588. The normalized spacial score (nSPS) is 26.5. The number of halogens is 2. The number of benzene rings is 1. The molecule has 0 heterocycles. The lowest BCUT2D eigenvalue weighted by Crippen LogP contribution is -2.39. The van der Waals surface area contributed by atoms with Gasteiger partial charge in [-0.1, -0.05) is 43.7 Å². The molecule has 0 aliphatic heterocycles. The van der Waals surface area contributed by atoms with Crippen molar-refractivity contribution in [2.45, 2.75) is 51.4 Å². The molecule has 0 spiro atoms. The minimum Gasteiger partial charge on any atom is -0.481 e. The highest BCUT2D eigenvalue weighted by molar-refractivity contribution is 5.75. The zero-order valence-corrected chi connectivity index (χ0v) is 12.3. The lowest BCUT2D eigenvalue weighted by atomic mass is 9.66. The Morgan fingerprint density at radius 1 is 1.29 bits per heavy atom. The van der Waals surface area contributed by atoms with E-state index >= 15 is 0 Å². The van der Waals surface area contributed by atoms with Gasteiger partial charge in [0.15, 0.2) is 0 Å². The highest BCUT2D eigenvalue weighted by atomic mass is 19.3. The Hall–Kier alpha value is -1.45. The van der Waals surface area contributed by atoms with Crippen molar-refractivity contribution in [2.24, 2.45) is 11.3 Å². The Labute approximate surface area is 124 Å². The van der Waals surface area contributed by atoms with Gasteiger partial charge in [-0.05, 0) is 31.6 Å². The molecule has 1 aromatic carbocycles. The van der Waals surface area contributed by atoms with Crippen molar-refractivity contribution in [1.82, 2.24) is 0 Å². The van der Waals surface area contributed by atoms with Crippen molar-refractivity contribution in [3.05, 3.63) is 35.9 Å². The molecule has 0 atom stereocenters. The molecule has 1 aromatic rings. The predicted octanol–water partition coefficient (Wildman–Crippen LogP) is 4.84. The number of carbonyl (C=O) groups is 1. The van der Waals surface area contributed by atoms with Crippen molar-refractivity contribution in [1.29, 1.82) is 0 Å². The number of alkyl halides is 2. The van der Waals surface area contributed by atoms with Crippen LogP contribution in [0.4, 0.5) is 8.78 Å². The maximum Gasteiger partial charge on any atom is 0.309 e. The van der Waals surface area contributed by atoms with Crippen molar-refractivity contribution in [3.8, 4) is 0 Å². The predicted molar refractivity (Wildman–Crippen MR) is 77.3 cm³/mol. The summed E-state index contributed by atoms with van der Waals surface area (Å²) in [6.45, 7) is 2.07. The maximum absolute atomic E-state index is 14.5. The van der Waals surface area contributed by atoms with Gasteiger partial charge in [-0.25, -0.2) is 8.78 Å². The lowest BCUT2D eigenvalue weighted by molar-refractivity contribution is -0.160. The maximum atomic E-state index is 14.5. The average Bonchev–Trinajstić information content (AvgIpc) is 2.48. The van der Waals surface area contributed by atoms with Crippen LogP contribution in [0.5, 0.6) is 0 Å². The summed E-state index contributed by atoms with van der Waals surface area (Å²) in [5, 5.41) is 9.52. The Morgan fingerprint density at radius 3 is 2.33 bits per heavy atom. The van der Waals surface area contributed by atoms with Crippen LogP contribution in [-0.4, -0.2) is 11.1 Å². The van der Waals surface area contributed by atoms with Crippen molar-refractivity contribution < 1.29 is 18.7 Å². The first-order chi connectivity index (χ1) is 9.89. The molecule has 1 fully saturated rings. The summed E-state index contributed by atoms with van der Waals surface area (Å²) in [4.78, 5) is 11.6. The lowest BCUT2D eigenvalue weighted by Gasteiger charge is -2.38. The highest BCUT2D eigenvalue weighted by Gasteiger charge is 2.49. The second kappa shape index (κ2) is 6.12. The molecule has 2 nitrogen and oxygen atoms in total. The molecule has 1 N–H and O–H groups in total.